The summed E-state index contributed by atoms with van der Waals surface area (Å²) in [6.45, 7) is 0.399. The van der Waals surface area contributed by atoms with E-state index in [1.807, 2.05) is 0 Å². The van der Waals surface area contributed by atoms with E-state index in [1.54, 1.807) is 7.05 Å². The van der Waals surface area contributed by atoms with Crippen molar-refractivity contribution in [2.45, 2.75) is 6.42 Å². The van der Waals surface area contributed by atoms with Gasteiger partial charge in [0.1, 0.15) is 11.6 Å². The van der Waals surface area contributed by atoms with E-state index in [2.05, 4.69) is 21.2 Å². The lowest BCUT2D eigenvalue weighted by Gasteiger charge is -2.06. The largest absolute Gasteiger partial charge is 0.475 e. The first kappa shape index (κ1) is 10.6. The summed E-state index contributed by atoms with van der Waals surface area (Å²) in [5.74, 6) is 3.27. The van der Waals surface area contributed by atoms with Gasteiger partial charge in [-0.25, -0.2) is 4.98 Å². The van der Waals surface area contributed by atoms with Gasteiger partial charge in [-0.15, -0.1) is 12.3 Å². The molecule has 0 radical (unpaired) electrons. The Kier molecular flexibility index (Phi) is 4.02. The monoisotopic (exact) mass is 211 g/mol. The van der Waals surface area contributed by atoms with Crippen molar-refractivity contribution in [1.29, 1.82) is 0 Å². The summed E-state index contributed by atoms with van der Waals surface area (Å²) in [5, 5.41) is 3.16. The van der Waals surface area contributed by atoms with Crippen LogP contribution in [0.15, 0.2) is 6.20 Å². The molecule has 0 saturated heterocycles. The minimum Gasteiger partial charge on any atom is -0.475 e. The van der Waals surface area contributed by atoms with Gasteiger partial charge >= 0.3 is 0 Å². The summed E-state index contributed by atoms with van der Waals surface area (Å²) < 4.78 is 5.25. The molecule has 1 aromatic heterocycles. The van der Waals surface area contributed by atoms with Crippen LogP contribution in [0.25, 0.3) is 0 Å². The third-order valence-electron chi connectivity index (χ3n) is 1.42. The van der Waals surface area contributed by atoms with Gasteiger partial charge < -0.3 is 10.1 Å². The molecule has 1 N–H and O–H groups in total. The molecule has 14 heavy (non-hydrogen) atoms. The zero-order chi connectivity index (χ0) is 10.4. The summed E-state index contributed by atoms with van der Waals surface area (Å²) in [5.41, 5.74) is 0. The van der Waals surface area contributed by atoms with E-state index in [0.29, 0.717) is 29.9 Å². The summed E-state index contributed by atoms with van der Waals surface area (Å²) in [6.07, 6.45) is 7.08. The van der Waals surface area contributed by atoms with E-state index in [4.69, 9.17) is 22.8 Å². The van der Waals surface area contributed by atoms with Crippen molar-refractivity contribution in [3.63, 3.8) is 0 Å². The molecule has 0 atom stereocenters. The molecule has 1 rings (SSSR count). The van der Waals surface area contributed by atoms with Crippen LogP contribution in [0.1, 0.15) is 6.42 Å². The van der Waals surface area contributed by atoms with E-state index in [9.17, 15) is 0 Å². The van der Waals surface area contributed by atoms with Gasteiger partial charge in [0.05, 0.1) is 6.20 Å². The van der Waals surface area contributed by atoms with Crippen LogP contribution in [0.3, 0.4) is 0 Å². The minimum atomic E-state index is 0.348. The highest BCUT2D eigenvalue weighted by Crippen LogP contribution is 2.21. The summed E-state index contributed by atoms with van der Waals surface area (Å²) in [6, 6.07) is 0. The third kappa shape index (κ3) is 2.79. The fourth-order valence-corrected chi connectivity index (χ4v) is 0.925. The first-order valence-electron chi connectivity index (χ1n) is 4.04. The molecule has 0 unspecified atom stereocenters. The Morgan fingerprint density at radius 2 is 2.50 bits per heavy atom. The first-order chi connectivity index (χ1) is 6.77. The van der Waals surface area contributed by atoms with Crippen molar-refractivity contribution in [3.8, 4) is 18.2 Å². The molecular formula is C9H10ClN3O. The molecule has 0 aliphatic carbocycles. The fraction of sp³-hybridized carbons (Fsp3) is 0.333. The van der Waals surface area contributed by atoms with Gasteiger partial charge in [0, 0.05) is 13.5 Å². The maximum atomic E-state index is 5.80. The number of aromatic nitrogens is 2. The van der Waals surface area contributed by atoms with Gasteiger partial charge in [0.2, 0.25) is 11.8 Å². The lowest BCUT2D eigenvalue weighted by Crippen LogP contribution is -2.02. The lowest BCUT2D eigenvalue weighted by molar-refractivity contribution is 0.314. The first-order valence-corrected chi connectivity index (χ1v) is 4.42. The molecule has 0 spiro atoms. The standard InChI is InChI=1S/C9H10ClN3O/c1-3-4-5-14-8-7(10)6-12-9(11-2)13-8/h1,6H,4-5H2,2H3,(H,11,12,13). The van der Waals surface area contributed by atoms with Crippen molar-refractivity contribution in [2.75, 3.05) is 19.0 Å². The van der Waals surface area contributed by atoms with Crippen LogP contribution < -0.4 is 10.1 Å². The highest BCUT2D eigenvalue weighted by atomic mass is 35.5. The summed E-state index contributed by atoms with van der Waals surface area (Å²) in [4.78, 5) is 7.93. The van der Waals surface area contributed by atoms with Crippen molar-refractivity contribution in [1.82, 2.24) is 9.97 Å². The highest BCUT2D eigenvalue weighted by molar-refractivity contribution is 6.31. The molecule has 0 saturated carbocycles. The fourth-order valence-electron chi connectivity index (χ4n) is 0.780. The van der Waals surface area contributed by atoms with E-state index in [0.717, 1.165) is 0 Å². The minimum absolute atomic E-state index is 0.348. The van der Waals surface area contributed by atoms with Crippen LogP contribution in [0.2, 0.25) is 5.02 Å². The van der Waals surface area contributed by atoms with Crippen molar-refractivity contribution in [2.24, 2.45) is 0 Å². The maximum Gasteiger partial charge on any atom is 0.237 e. The average Bonchev–Trinajstić information content (AvgIpc) is 2.21. The number of ether oxygens (including phenoxy) is 1. The molecule has 4 nitrogen and oxygen atoms in total. The van der Waals surface area contributed by atoms with Gasteiger partial charge in [-0.1, -0.05) is 11.6 Å². The van der Waals surface area contributed by atoms with Gasteiger partial charge in [-0.05, 0) is 0 Å². The van der Waals surface area contributed by atoms with Crippen LogP contribution >= 0.6 is 11.6 Å². The van der Waals surface area contributed by atoms with E-state index < -0.39 is 0 Å². The molecule has 0 amide bonds. The molecular weight excluding hydrogens is 202 g/mol. The third-order valence-corrected chi connectivity index (χ3v) is 1.68. The molecule has 5 heteroatoms. The molecule has 0 aromatic carbocycles. The normalized spacial score (nSPS) is 9.21. The smallest absolute Gasteiger partial charge is 0.237 e. The molecule has 0 bridgehead atoms. The zero-order valence-electron chi connectivity index (χ0n) is 7.75. The Labute approximate surface area is 87.7 Å². The predicted molar refractivity (Wildman–Crippen MR) is 55.5 cm³/mol. The summed E-state index contributed by atoms with van der Waals surface area (Å²) >= 11 is 5.80. The quantitative estimate of drug-likeness (QED) is 0.607. The second-order valence-corrected chi connectivity index (χ2v) is 2.81. The highest BCUT2D eigenvalue weighted by Gasteiger charge is 2.04. The molecule has 1 heterocycles. The summed E-state index contributed by atoms with van der Waals surface area (Å²) in [7, 11) is 1.72. The van der Waals surface area contributed by atoms with Gasteiger partial charge in [-0.2, -0.15) is 4.98 Å². The molecule has 0 aliphatic rings. The maximum absolute atomic E-state index is 5.80. The molecule has 0 fully saturated rings. The van der Waals surface area contributed by atoms with E-state index in [-0.39, 0.29) is 0 Å². The molecule has 0 aliphatic heterocycles. The van der Waals surface area contributed by atoms with Crippen LogP contribution in [0, 0.1) is 12.3 Å². The van der Waals surface area contributed by atoms with Crippen molar-refractivity contribution < 1.29 is 4.74 Å². The number of hydrogen-bond donors (Lipinski definition) is 1. The average molecular weight is 212 g/mol. The predicted octanol–water partition coefficient (Wildman–Crippen LogP) is 1.57. The second-order valence-electron chi connectivity index (χ2n) is 2.40. The van der Waals surface area contributed by atoms with Crippen LogP contribution in [-0.2, 0) is 0 Å². The van der Waals surface area contributed by atoms with Gasteiger partial charge in [0.25, 0.3) is 0 Å². The van der Waals surface area contributed by atoms with E-state index >= 15 is 0 Å². The van der Waals surface area contributed by atoms with Gasteiger partial charge in [-0.3, -0.25) is 0 Å². The Bertz CT molecular complexity index is 348. The number of nitrogens with zero attached hydrogens (tertiary/aromatic N) is 2. The number of halogens is 1. The van der Waals surface area contributed by atoms with Crippen LogP contribution in [-0.4, -0.2) is 23.6 Å². The Morgan fingerprint density at radius 1 is 1.71 bits per heavy atom. The molecule has 74 valence electrons. The zero-order valence-corrected chi connectivity index (χ0v) is 8.51. The molecule has 1 aromatic rings. The SMILES string of the molecule is C#CCCOc1nc(NC)ncc1Cl. The van der Waals surface area contributed by atoms with Crippen molar-refractivity contribution >= 4 is 17.5 Å². The van der Waals surface area contributed by atoms with Gasteiger partial charge in [0.15, 0.2) is 0 Å². The van der Waals surface area contributed by atoms with Crippen LogP contribution in [0.4, 0.5) is 5.95 Å². The number of hydrogen-bond acceptors (Lipinski definition) is 4. The second kappa shape index (κ2) is 5.30. The number of nitrogens with one attached hydrogen (secondary N) is 1. The number of anilines is 1. The van der Waals surface area contributed by atoms with Crippen molar-refractivity contribution in [3.05, 3.63) is 11.2 Å². The Morgan fingerprint density at radius 3 is 3.14 bits per heavy atom. The Balaban J connectivity index is 2.69. The van der Waals surface area contributed by atoms with E-state index in [1.165, 1.54) is 6.20 Å². The number of rotatable bonds is 4. The number of terminal acetylenes is 1. The Hall–Kier alpha value is -1.47. The lowest BCUT2D eigenvalue weighted by atomic mass is 10.5. The topological polar surface area (TPSA) is 47.0 Å². The van der Waals surface area contributed by atoms with Crippen LogP contribution in [0.5, 0.6) is 5.88 Å².